The summed E-state index contributed by atoms with van der Waals surface area (Å²) < 4.78 is 27.5. The molecule has 1 N–H and O–H groups in total. The van der Waals surface area contributed by atoms with E-state index >= 15 is 0 Å². The number of carbonyl (C=O) groups excluding carboxylic acids is 1. The molecule has 0 fully saturated rings. The first kappa shape index (κ1) is 14.7. The summed E-state index contributed by atoms with van der Waals surface area (Å²) in [5, 5.41) is 9.70. The van der Waals surface area contributed by atoms with Crippen molar-refractivity contribution in [1.82, 2.24) is 15.0 Å². The number of hydrogen-bond donors (Lipinski definition) is 1. The van der Waals surface area contributed by atoms with Crippen molar-refractivity contribution in [1.29, 1.82) is 0 Å². The minimum absolute atomic E-state index is 0.0422. The van der Waals surface area contributed by atoms with Gasteiger partial charge in [0.25, 0.3) is 0 Å². The molecule has 0 atom stereocenters. The lowest BCUT2D eigenvalue weighted by molar-refractivity contribution is 0.103. The van der Waals surface area contributed by atoms with Gasteiger partial charge in [0.2, 0.25) is 11.7 Å². The Labute approximate surface area is 129 Å². The summed E-state index contributed by atoms with van der Waals surface area (Å²) in [6.07, 6.45) is 3.58. The Morgan fingerprint density at radius 3 is 2.43 bits per heavy atom. The van der Waals surface area contributed by atoms with Crippen LogP contribution in [0.25, 0.3) is 11.1 Å². The molecule has 23 heavy (non-hydrogen) atoms. The van der Waals surface area contributed by atoms with Crippen LogP contribution in [-0.4, -0.2) is 25.8 Å². The predicted molar refractivity (Wildman–Crippen MR) is 76.7 cm³/mol. The van der Waals surface area contributed by atoms with Gasteiger partial charge in [-0.15, -0.1) is 0 Å². The summed E-state index contributed by atoms with van der Waals surface area (Å²) in [6.45, 7) is 0. The maximum absolute atomic E-state index is 14.6. The zero-order valence-corrected chi connectivity index (χ0v) is 11.6. The average Bonchev–Trinajstić information content (AvgIpc) is 2.56. The Bertz CT molecular complexity index is 883. The van der Waals surface area contributed by atoms with E-state index in [1.165, 1.54) is 30.6 Å². The molecule has 0 aliphatic carbocycles. The summed E-state index contributed by atoms with van der Waals surface area (Å²) in [5.41, 5.74) is -0.343. The van der Waals surface area contributed by atoms with Crippen LogP contribution in [0.2, 0.25) is 0 Å². The highest BCUT2D eigenvalue weighted by atomic mass is 19.1. The lowest BCUT2D eigenvalue weighted by Gasteiger charge is -2.07. The Hall–Kier alpha value is -3.22. The molecule has 3 aromatic rings. The maximum atomic E-state index is 14.6. The maximum Gasteiger partial charge on any atom is 0.222 e. The summed E-state index contributed by atoms with van der Waals surface area (Å²) in [6, 6.07) is 6.00. The third-order valence-electron chi connectivity index (χ3n) is 3.19. The second-order valence-corrected chi connectivity index (χ2v) is 4.62. The number of rotatable bonds is 3. The molecular formula is C16H9F2N3O2. The first-order chi connectivity index (χ1) is 11.1. The van der Waals surface area contributed by atoms with Crippen LogP contribution in [0.3, 0.4) is 0 Å². The van der Waals surface area contributed by atoms with Crippen molar-refractivity contribution in [2.45, 2.75) is 0 Å². The Morgan fingerprint density at radius 2 is 1.74 bits per heavy atom. The Balaban J connectivity index is 2.08. The van der Waals surface area contributed by atoms with Gasteiger partial charge >= 0.3 is 0 Å². The van der Waals surface area contributed by atoms with Gasteiger partial charge < -0.3 is 5.11 Å². The molecule has 0 aliphatic heterocycles. The van der Waals surface area contributed by atoms with Crippen molar-refractivity contribution < 1.29 is 18.7 Å². The number of ketones is 1. The number of carbonyl (C=O) groups is 1. The van der Waals surface area contributed by atoms with Crippen LogP contribution < -0.4 is 0 Å². The molecule has 0 amide bonds. The molecule has 0 saturated carbocycles. The number of pyridine rings is 1. The smallest absolute Gasteiger partial charge is 0.222 e. The molecule has 0 unspecified atom stereocenters. The molecule has 0 saturated heterocycles. The number of benzene rings is 1. The highest BCUT2D eigenvalue weighted by molar-refractivity contribution is 6.08. The Kier molecular flexibility index (Phi) is 3.76. The predicted octanol–water partition coefficient (Wildman–Crippen LogP) is 2.75. The summed E-state index contributed by atoms with van der Waals surface area (Å²) in [4.78, 5) is 23.4. The Morgan fingerprint density at radius 1 is 1.00 bits per heavy atom. The summed E-state index contributed by atoms with van der Waals surface area (Å²) >= 11 is 0. The summed E-state index contributed by atoms with van der Waals surface area (Å²) in [7, 11) is 0. The number of hydrogen-bond acceptors (Lipinski definition) is 5. The molecule has 2 heterocycles. The molecule has 1 aromatic carbocycles. The van der Waals surface area contributed by atoms with E-state index in [0.717, 1.165) is 18.5 Å². The number of nitrogens with zero attached hydrogens (tertiary/aromatic N) is 3. The van der Waals surface area contributed by atoms with Gasteiger partial charge in [-0.3, -0.25) is 4.79 Å². The fourth-order valence-electron chi connectivity index (χ4n) is 2.06. The molecule has 3 rings (SSSR count). The second kappa shape index (κ2) is 5.88. The van der Waals surface area contributed by atoms with Gasteiger partial charge in [-0.25, -0.2) is 23.7 Å². The zero-order valence-electron chi connectivity index (χ0n) is 11.6. The van der Waals surface area contributed by atoms with Crippen LogP contribution in [0.1, 0.15) is 16.1 Å². The van der Waals surface area contributed by atoms with Crippen molar-refractivity contribution in [2.75, 3.05) is 0 Å². The first-order valence-corrected chi connectivity index (χ1v) is 6.52. The second-order valence-electron chi connectivity index (χ2n) is 4.62. The SMILES string of the molecule is O=C(c1ccc(F)cc1)c1nccc(-c2cncnc2O)c1F. The molecule has 7 heteroatoms. The fraction of sp³-hybridized carbons (Fsp3) is 0. The number of aromatic nitrogens is 3. The molecule has 0 bridgehead atoms. The standard InChI is InChI=1S/C16H9F2N3O2/c17-10-3-1-9(2-4-10)15(22)14-13(18)11(5-6-20-14)12-7-19-8-21-16(12)23/h1-8H,(H,19,21,23). The number of aromatic hydroxyl groups is 1. The fourth-order valence-corrected chi connectivity index (χ4v) is 2.06. The van der Waals surface area contributed by atoms with Crippen LogP contribution in [0, 0.1) is 11.6 Å². The van der Waals surface area contributed by atoms with E-state index < -0.39 is 29.0 Å². The molecule has 114 valence electrons. The molecule has 5 nitrogen and oxygen atoms in total. The lowest BCUT2D eigenvalue weighted by atomic mass is 10.0. The largest absolute Gasteiger partial charge is 0.493 e. The third-order valence-corrected chi connectivity index (χ3v) is 3.19. The molecule has 0 aliphatic rings. The minimum Gasteiger partial charge on any atom is -0.493 e. The van der Waals surface area contributed by atoms with E-state index in [1.807, 2.05) is 0 Å². The minimum atomic E-state index is -0.910. The van der Waals surface area contributed by atoms with Crippen LogP contribution in [0.4, 0.5) is 8.78 Å². The topological polar surface area (TPSA) is 76.0 Å². The van der Waals surface area contributed by atoms with E-state index in [9.17, 15) is 18.7 Å². The molecular weight excluding hydrogens is 304 g/mol. The highest BCUT2D eigenvalue weighted by Gasteiger charge is 2.21. The van der Waals surface area contributed by atoms with E-state index in [-0.39, 0.29) is 16.7 Å². The third kappa shape index (κ3) is 2.76. The molecule has 0 radical (unpaired) electrons. The van der Waals surface area contributed by atoms with Crippen molar-refractivity contribution in [2.24, 2.45) is 0 Å². The lowest BCUT2D eigenvalue weighted by Crippen LogP contribution is -2.08. The zero-order chi connectivity index (χ0) is 16.4. The van der Waals surface area contributed by atoms with Crippen LogP contribution in [0.15, 0.2) is 49.1 Å². The quantitative estimate of drug-likeness (QED) is 0.752. The van der Waals surface area contributed by atoms with Gasteiger partial charge in [0.05, 0.1) is 5.56 Å². The first-order valence-electron chi connectivity index (χ1n) is 6.52. The van der Waals surface area contributed by atoms with Crippen LogP contribution >= 0.6 is 0 Å². The van der Waals surface area contributed by atoms with Gasteiger partial charge in [0.15, 0.2) is 5.82 Å². The van der Waals surface area contributed by atoms with Crippen molar-refractivity contribution in [3.8, 4) is 17.0 Å². The van der Waals surface area contributed by atoms with Crippen LogP contribution in [-0.2, 0) is 0 Å². The van der Waals surface area contributed by atoms with Gasteiger partial charge in [-0.2, -0.15) is 0 Å². The highest BCUT2D eigenvalue weighted by Crippen LogP contribution is 2.29. The van der Waals surface area contributed by atoms with Crippen LogP contribution in [0.5, 0.6) is 5.88 Å². The van der Waals surface area contributed by atoms with E-state index in [0.29, 0.717) is 0 Å². The average molecular weight is 313 g/mol. The van der Waals surface area contributed by atoms with Crippen molar-refractivity contribution in [3.63, 3.8) is 0 Å². The van der Waals surface area contributed by atoms with Gasteiger partial charge in [0, 0.05) is 23.5 Å². The van der Waals surface area contributed by atoms with Crippen molar-refractivity contribution in [3.05, 3.63) is 71.9 Å². The normalized spacial score (nSPS) is 10.5. The monoisotopic (exact) mass is 313 g/mol. The summed E-state index contributed by atoms with van der Waals surface area (Å²) in [5.74, 6) is -2.52. The van der Waals surface area contributed by atoms with Crippen molar-refractivity contribution >= 4 is 5.78 Å². The van der Waals surface area contributed by atoms with Gasteiger partial charge in [-0.1, -0.05) is 0 Å². The van der Waals surface area contributed by atoms with Gasteiger partial charge in [0.1, 0.15) is 17.8 Å². The van der Waals surface area contributed by atoms with E-state index in [2.05, 4.69) is 15.0 Å². The molecule has 2 aromatic heterocycles. The van der Waals surface area contributed by atoms with Gasteiger partial charge in [-0.05, 0) is 30.3 Å². The van der Waals surface area contributed by atoms with E-state index in [1.54, 1.807) is 0 Å². The van der Waals surface area contributed by atoms with E-state index in [4.69, 9.17) is 0 Å². The molecule has 0 spiro atoms. The number of halogens is 2.